The van der Waals surface area contributed by atoms with E-state index in [9.17, 15) is 14.0 Å². The fourth-order valence-corrected chi connectivity index (χ4v) is 2.98. The van der Waals surface area contributed by atoms with Crippen LogP contribution in [-0.2, 0) is 11.3 Å². The van der Waals surface area contributed by atoms with Gasteiger partial charge in [-0.05, 0) is 30.9 Å². The molecule has 1 atom stereocenters. The lowest BCUT2D eigenvalue weighted by Crippen LogP contribution is -2.39. The number of carbonyl (C=O) groups is 2. The second kappa shape index (κ2) is 9.11. The van der Waals surface area contributed by atoms with E-state index in [0.29, 0.717) is 25.3 Å². The lowest BCUT2D eigenvalue weighted by Gasteiger charge is -2.33. The molecule has 9 heteroatoms. The molecule has 0 aliphatic carbocycles. The molecule has 3 rings (SSSR count). The zero-order valence-electron chi connectivity index (χ0n) is 14.8. The molecule has 2 aromatic heterocycles. The maximum absolute atomic E-state index is 12.3. The quantitative estimate of drug-likeness (QED) is 0.832. The first-order chi connectivity index (χ1) is 13.2. The predicted octanol–water partition coefficient (Wildman–Crippen LogP) is 2.63. The summed E-state index contributed by atoms with van der Waals surface area (Å²) in [6.45, 7) is -0.201. The van der Waals surface area contributed by atoms with Crippen molar-refractivity contribution in [1.82, 2.24) is 20.4 Å². The van der Waals surface area contributed by atoms with Crippen molar-refractivity contribution in [2.75, 3.05) is 19.8 Å². The molecule has 1 saturated heterocycles. The first-order valence-electron chi connectivity index (χ1n) is 8.82. The summed E-state index contributed by atoms with van der Waals surface area (Å²) in [4.78, 5) is 29.9. The molecule has 0 aromatic carbocycles. The molecule has 1 fully saturated rings. The third-order valence-electron chi connectivity index (χ3n) is 4.31. The van der Waals surface area contributed by atoms with Crippen LogP contribution in [0.4, 0.5) is 9.18 Å². The van der Waals surface area contributed by atoms with Crippen LogP contribution in [-0.4, -0.2) is 46.9 Å². The summed E-state index contributed by atoms with van der Waals surface area (Å²) in [6.07, 6.45) is 5.13. The van der Waals surface area contributed by atoms with Crippen LogP contribution in [0.2, 0.25) is 0 Å². The van der Waals surface area contributed by atoms with E-state index in [1.54, 1.807) is 18.5 Å². The number of pyridine rings is 1. The Labute approximate surface area is 155 Å². The number of ether oxygens (including phenoxy) is 1. The molecule has 1 unspecified atom stereocenters. The number of halogens is 1. The number of nitrogens with zero attached hydrogens (tertiary/aromatic N) is 3. The van der Waals surface area contributed by atoms with Crippen molar-refractivity contribution in [1.29, 1.82) is 0 Å². The summed E-state index contributed by atoms with van der Waals surface area (Å²) in [5.74, 6) is 0.0367. The smallest absolute Gasteiger partial charge is 0.410 e. The van der Waals surface area contributed by atoms with Gasteiger partial charge in [0.05, 0.1) is 6.04 Å². The maximum atomic E-state index is 12.3. The van der Waals surface area contributed by atoms with Crippen molar-refractivity contribution in [3.05, 3.63) is 47.6 Å². The first-order valence-corrected chi connectivity index (χ1v) is 8.82. The van der Waals surface area contributed by atoms with Gasteiger partial charge in [0, 0.05) is 31.5 Å². The summed E-state index contributed by atoms with van der Waals surface area (Å²) in [6, 6.07) is 4.79. The van der Waals surface area contributed by atoms with Gasteiger partial charge in [-0.1, -0.05) is 11.2 Å². The minimum Gasteiger partial charge on any atom is -0.447 e. The third-order valence-corrected chi connectivity index (χ3v) is 4.31. The molecule has 3 heterocycles. The van der Waals surface area contributed by atoms with Gasteiger partial charge in [0.2, 0.25) is 0 Å². The van der Waals surface area contributed by atoms with Gasteiger partial charge in [0.25, 0.3) is 5.91 Å². The SMILES string of the molecule is O=C(NCc1cccnc1)c1cc(C2CCCCN2C(=O)OCCF)on1. The van der Waals surface area contributed by atoms with Crippen LogP contribution in [0.3, 0.4) is 0 Å². The van der Waals surface area contributed by atoms with Crippen LogP contribution in [0.15, 0.2) is 35.1 Å². The lowest BCUT2D eigenvalue weighted by atomic mass is 10.0. The topological polar surface area (TPSA) is 97.6 Å². The number of hydrogen-bond donors (Lipinski definition) is 1. The largest absolute Gasteiger partial charge is 0.447 e. The molecule has 1 aliphatic heterocycles. The van der Waals surface area contributed by atoms with E-state index in [4.69, 9.17) is 9.26 Å². The Hall–Kier alpha value is -2.97. The number of carbonyl (C=O) groups excluding carboxylic acids is 2. The van der Waals surface area contributed by atoms with Crippen LogP contribution in [0.1, 0.15) is 47.1 Å². The highest BCUT2D eigenvalue weighted by molar-refractivity contribution is 5.92. The van der Waals surface area contributed by atoms with E-state index in [0.717, 1.165) is 18.4 Å². The molecule has 0 bridgehead atoms. The normalized spacial score (nSPS) is 16.8. The van der Waals surface area contributed by atoms with Crippen molar-refractivity contribution in [2.24, 2.45) is 0 Å². The van der Waals surface area contributed by atoms with E-state index in [1.165, 1.54) is 11.0 Å². The molecule has 2 amide bonds. The number of rotatable bonds is 6. The number of amides is 2. The lowest BCUT2D eigenvalue weighted by molar-refractivity contribution is 0.0616. The Morgan fingerprint density at radius 2 is 2.30 bits per heavy atom. The van der Waals surface area contributed by atoms with Gasteiger partial charge in [-0.25, -0.2) is 9.18 Å². The molecular weight excluding hydrogens is 355 g/mol. The number of alkyl halides is 1. The Morgan fingerprint density at radius 1 is 1.41 bits per heavy atom. The predicted molar refractivity (Wildman–Crippen MR) is 92.5 cm³/mol. The zero-order valence-corrected chi connectivity index (χ0v) is 14.8. The fourth-order valence-electron chi connectivity index (χ4n) is 2.98. The summed E-state index contributed by atoms with van der Waals surface area (Å²) in [7, 11) is 0. The second-order valence-electron chi connectivity index (χ2n) is 6.17. The number of nitrogens with one attached hydrogen (secondary N) is 1. The van der Waals surface area contributed by atoms with Crippen LogP contribution in [0.5, 0.6) is 0 Å². The van der Waals surface area contributed by atoms with Crippen LogP contribution >= 0.6 is 0 Å². The second-order valence-corrected chi connectivity index (χ2v) is 6.17. The average Bonchev–Trinajstić information content (AvgIpc) is 3.21. The number of hydrogen-bond acceptors (Lipinski definition) is 6. The Kier molecular flexibility index (Phi) is 6.35. The van der Waals surface area contributed by atoms with Crippen molar-refractivity contribution in [3.8, 4) is 0 Å². The van der Waals surface area contributed by atoms with Gasteiger partial charge in [-0.15, -0.1) is 0 Å². The van der Waals surface area contributed by atoms with E-state index in [2.05, 4.69) is 15.5 Å². The average molecular weight is 376 g/mol. The molecule has 0 spiro atoms. The van der Waals surface area contributed by atoms with E-state index < -0.39 is 12.8 Å². The van der Waals surface area contributed by atoms with Gasteiger partial charge >= 0.3 is 6.09 Å². The summed E-state index contributed by atoms with van der Waals surface area (Å²) >= 11 is 0. The maximum Gasteiger partial charge on any atom is 0.410 e. The van der Waals surface area contributed by atoms with E-state index in [1.807, 2.05) is 6.07 Å². The molecule has 2 aromatic rings. The highest BCUT2D eigenvalue weighted by Gasteiger charge is 2.32. The van der Waals surface area contributed by atoms with Crippen LogP contribution in [0.25, 0.3) is 0 Å². The van der Waals surface area contributed by atoms with Crippen LogP contribution in [0, 0.1) is 0 Å². The van der Waals surface area contributed by atoms with Gasteiger partial charge in [0.1, 0.15) is 13.3 Å². The zero-order chi connectivity index (χ0) is 19.1. The highest BCUT2D eigenvalue weighted by atomic mass is 19.1. The van der Waals surface area contributed by atoms with Gasteiger partial charge in [-0.3, -0.25) is 14.7 Å². The van der Waals surface area contributed by atoms with E-state index >= 15 is 0 Å². The minimum absolute atomic E-state index is 0.136. The van der Waals surface area contributed by atoms with Gasteiger partial charge in [0.15, 0.2) is 11.5 Å². The van der Waals surface area contributed by atoms with Crippen molar-refractivity contribution in [2.45, 2.75) is 31.8 Å². The third kappa shape index (κ3) is 4.81. The Bertz CT molecular complexity index is 768. The van der Waals surface area contributed by atoms with Crippen molar-refractivity contribution < 1.29 is 23.2 Å². The highest BCUT2D eigenvalue weighted by Crippen LogP contribution is 2.31. The minimum atomic E-state index is -0.728. The molecule has 27 heavy (non-hydrogen) atoms. The van der Waals surface area contributed by atoms with Crippen LogP contribution < -0.4 is 5.32 Å². The Balaban J connectivity index is 1.64. The first kappa shape index (κ1) is 18.8. The molecule has 0 radical (unpaired) electrons. The fraction of sp³-hybridized carbons (Fsp3) is 0.444. The van der Waals surface area contributed by atoms with Gasteiger partial charge < -0.3 is 14.6 Å². The summed E-state index contributed by atoms with van der Waals surface area (Å²) in [5, 5.41) is 6.56. The molecule has 1 aliphatic rings. The van der Waals surface area contributed by atoms with Crippen molar-refractivity contribution in [3.63, 3.8) is 0 Å². The monoisotopic (exact) mass is 376 g/mol. The number of likely N-dealkylation sites (tertiary alicyclic amines) is 1. The number of aromatic nitrogens is 2. The molecule has 0 saturated carbocycles. The molecule has 144 valence electrons. The Morgan fingerprint density at radius 3 is 3.07 bits per heavy atom. The molecule has 1 N–H and O–H groups in total. The molecular formula is C18H21FN4O4. The van der Waals surface area contributed by atoms with Gasteiger partial charge in [-0.2, -0.15) is 0 Å². The molecule has 8 nitrogen and oxygen atoms in total. The van der Waals surface area contributed by atoms with Crippen molar-refractivity contribution >= 4 is 12.0 Å². The summed E-state index contributed by atoms with van der Waals surface area (Å²) in [5.41, 5.74) is 1.00. The summed E-state index contributed by atoms with van der Waals surface area (Å²) < 4.78 is 22.5. The number of piperidine rings is 1. The van der Waals surface area contributed by atoms with E-state index in [-0.39, 0.29) is 24.2 Å². The standard InChI is InChI=1S/C18H21FN4O4/c19-6-9-26-18(25)23-8-2-1-5-15(23)16-10-14(22-27-16)17(24)21-12-13-4-3-7-20-11-13/h3-4,7,10-11,15H,1-2,5-6,8-9,12H2,(H,21,24).